The Balaban J connectivity index is 0.00000240. The highest BCUT2D eigenvalue weighted by molar-refractivity contribution is 6.03. The first kappa shape index (κ1) is 20.5. The number of amides is 2. The van der Waals surface area contributed by atoms with Gasteiger partial charge in [-0.25, -0.2) is 14.8 Å². The lowest BCUT2D eigenvalue weighted by molar-refractivity contribution is 0.0705. The average molecular weight is 404 g/mol. The Kier molecular flexibility index (Phi) is 6.90. The average Bonchev–Trinajstić information content (AvgIpc) is 2.75. The van der Waals surface area contributed by atoms with E-state index in [4.69, 9.17) is 9.47 Å². The summed E-state index contributed by atoms with van der Waals surface area (Å²) in [5.41, 5.74) is 0.775. The molecular weight excluding hydrogens is 376 g/mol. The van der Waals surface area contributed by atoms with Gasteiger partial charge in [-0.2, -0.15) is 0 Å². The predicted molar refractivity (Wildman–Crippen MR) is 110 cm³/mol. The van der Waals surface area contributed by atoms with Crippen molar-refractivity contribution in [3.8, 4) is 0 Å². The molecule has 1 N–H and O–H groups in total. The summed E-state index contributed by atoms with van der Waals surface area (Å²) in [6, 6.07) is 5.27. The number of pyridine rings is 1. The SMILES string of the molecule is COCCOC(=O)N1CCN(c2cnc(C)c(C(=O)Nc3ccccn3)n2)CC1.[HH].[HH]. The van der Waals surface area contributed by atoms with Crippen molar-refractivity contribution in [1.82, 2.24) is 19.9 Å². The molecule has 0 spiro atoms. The van der Waals surface area contributed by atoms with E-state index in [1.807, 2.05) is 4.90 Å². The number of aryl methyl sites for hydroxylation is 1. The quantitative estimate of drug-likeness (QED) is 0.726. The normalized spacial score (nSPS) is 13.9. The van der Waals surface area contributed by atoms with Crippen LogP contribution in [0.4, 0.5) is 16.4 Å². The van der Waals surface area contributed by atoms with Crippen molar-refractivity contribution < 1.29 is 21.9 Å². The summed E-state index contributed by atoms with van der Waals surface area (Å²) >= 11 is 0. The molecule has 0 unspecified atom stereocenters. The molecule has 0 aromatic carbocycles. The van der Waals surface area contributed by atoms with E-state index in [9.17, 15) is 9.59 Å². The van der Waals surface area contributed by atoms with Crippen molar-refractivity contribution in [2.45, 2.75) is 6.92 Å². The van der Waals surface area contributed by atoms with Crippen LogP contribution in [-0.4, -0.2) is 78.4 Å². The number of anilines is 2. The van der Waals surface area contributed by atoms with Crippen LogP contribution < -0.4 is 10.2 Å². The zero-order valence-corrected chi connectivity index (χ0v) is 16.5. The maximum Gasteiger partial charge on any atom is 0.409 e. The van der Waals surface area contributed by atoms with E-state index in [0.717, 1.165) is 0 Å². The van der Waals surface area contributed by atoms with Crippen molar-refractivity contribution >= 4 is 23.6 Å². The number of nitrogens with one attached hydrogen (secondary N) is 1. The van der Waals surface area contributed by atoms with Crippen LogP contribution in [0.5, 0.6) is 0 Å². The Morgan fingerprint density at radius 1 is 1.17 bits per heavy atom. The number of aromatic nitrogens is 3. The fourth-order valence-electron chi connectivity index (χ4n) is 2.84. The standard InChI is InChI=1S/C19H24N6O4.2H2/c1-14-17(18(26)22-15-5-3-4-6-20-15)23-16(13-21-14)24-7-9-25(10-8-24)19(27)29-12-11-28-2;;/h3-6,13H,7-12H2,1-2H3,(H,20,22,26);2*1H. The molecular formula is C19H28N6O4. The molecule has 0 aliphatic carbocycles. The van der Waals surface area contributed by atoms with Gasteiger partial charge in [-0.15, -0.1) is 0 Å². The number of carbonyl (C=O) groups is 2. The first-order valence-corrected chi connectivity index (χ1v) is 9.30. The largest absolute Gasteiger partial charge is 0.447 e. The number of hydrogen-bond donors (Lipinski definition) is 1. The Bertz CT molecular complexity index is 851. The number of methoxy groups -OCH3 is 1. The number of nitrogens with zero attached hydrogens (tertiary/aromatic N) is 5. The monoisotopic (exact) mass is 404 g/mol. The second-order valence-corrected chi connectivity index (χ2v) is 6.41. The fourth-order valence-corrected chi connectivity index (χ4v) is 2.84. The van der Waals surface area contributed by atoms with Gasteiger partial charge >= 0.3 is 6.09 Å². The van der Waals surface area contributed by atoms with Crippen LogP contribution in [0.2, 0.25) is 0 Å². The van der Waals surface area contributed by atoms with Gasteiger partial charge in [-0.3, -0.25) is 9.78 Å². The molecule has 0 bridgehead atoms. The molecule has 10 nitrogen and oxygen atoms in total. The summed E-state index contributed by atoms with van der Waals surface area (Å²) < 4.78 is 10.0. The molecule has 3 heterocycles. The molecule has 0 radical (unpaired) electrons. The first-order valence-electron chi connectivity index (χ1n) is 9.30. The van der Waals surface area contributed by atoms with E-state index in [-0.39, 0.29) is 27.2 Å². The molecule has 1 fully saturated rings. The smallest absolute Gasteiger partial charge is 0.409 e. The molecule has 29 heavy (non-hydrogen) atoms. The fraction of sp³-hybridized carbons (Fsp3) is 0.421. The molecule has 1 saturated heterocycles. The number of piperazine rings is 1. The highest BCUT2D eigenvalue weighted by atomic mass is 16.6. The van der Waals surface area contributed by atoms with Crippen molar-refractivity contribution in [2.75, 3.05) is 56.7 Å². The summed E-state index contributed by atoms with van der Waals surface area (Å²) in [4.78, 5) is 41.1. The summed E-state index contributed by atoms with van der Waals surface area (Å²) in [5.74, 6) is 0.676. The number of carbonyl (C=O) groups excluding carboxylic acids is 2. The van der Waals surface area contributed by atoms with E-state index in [1.165, 1.54) is 0 Å². The van der Waals surface area contributed by atoms with E-state index < -0.39 is 0 Å². The summed E-state index contributed by atoms with van der Waals surface area (Å²) in [6.07, 6.45) is 2.89. The van der Waals surface area contributed by atoms with Gasteiger partial charge in [-0.1, -0.05) is 6.07 Å². The van der Waals surface area contributed by atoms with Crippen LogP contribution in [0.15, 0.2) is 30.6 Å². The van der Waals surface area contributed by atoms with Gasteiger partial charge in [0.05, 0.1) is 18.5 Å². The zero-order chi connectivity index (χ0) is 20.6. The molecule has 0 saturated carbocycles. The second-order valence-electron chi connectivity index (χ2n) is 6.41. The third kappa shape index (κ3) is 5.38. The Morgan fingerprint density at radius 2 is 1.97 bits per heavy atom. The van der Waals surface area contributed by atoms with Gasteiger partial charge in [0.2, 0.25) is 0 Å². The third-order valence-corrected chi connectivity index (χ3v) is 4.44. The summed E-state index contributed by atoms with van der Waals surface area (Å²) in [5, 5.41) is 2.72. The highest BCUT2D eigenvalue weighted by Crippen LogP contribution is 2.16. The lowest BCUT2D eigenvalue weighted by atomic mass is 10.3. The van der Waals surface area contributed by atoms with Gasteiger partial charge in [0, 0.05) is 42.3 Å². The Labute approximate surface area is 171 Å². The van der Waals surface area contributed by atoms with Gasteiger partial charge in [0.25, 0.3) is 5.91 Å². The van der Waals surface area contributed by atoms with E-state index in [1.54, 1.807) is 49.5 Å². The minimum absolute atomic E-state index is 0. The third-order valence-electron chi connectivity index (χ3n) is 4.44. The van der Waals surface area contributed by atoms with Crippen LogP contribution in [0.25, 0.3) is 0 Å². The lowest BCUT2D eigenvalue weighted by Crippen LogP contribution is -2.49. The van der Waals surface area contributed by atoms with E-state index in [0.29, 0.717) is 50.1 Å². The number of ether oxygens (including phenoxy) is 2. The van der Waals surface area contributed by atoms with E-state index >= 15 is 0 Å². The van der Waals surface area contributed by atoms with Gasteiger partial charge in [-0.05, 0) is 19.1 Å². The molecule has 2 aromatic rings. The minimum Gasteiger partial charge on any atom is -0.447 e. The van der Waals surface area contributed by atoms with Gasteiger partial charge < -0.3 is 24.6 Å². The van der Waals surface area contributed by atoms with Gasteiger partial charge in [0.15, 0.2) is 5.69 Å². The lowest BCUT2D eigenvalue weighted by Gasteiger charge is -2.34. The van der Waals surface area contributed by atoms with Gasteiger partial charge in [0.1, 0.15) is 18.2 Å². The van der Waals surface area contributed by atoms with Crippen molar-refractivity contribution in [3.63, 3.8) is 0 Å². The zero-order valence-electron chi connectivity index (χ0n) is 16.5. The van der Waals surface area contributed by atoms with Crippen molar-refractivity contribution in [1.29, 1.82) is 0 Å². The molecule has 2 amide bonds. The molecule has 158 valence electrons. The maximum atomic E-state index is 12.6. The van der Waals surface area contributed by atoms with Crippen molar-refractivity contribution in [3.05, 3.63) is 42.0 Å². The van der Waals surface area contributed by atoms with E-state index in [2.05, 4.69) is 20.3 Å². The topological polar surface area (TPSA) is 110 Å². The highest BCUT2D eigenvalue weighted by Gasteiger charge is 2.24. The van der Waals surface area contributed by atoms with Crippen LogP contribution in [0, 0.1) is 6.92 Å². The van der Waals surface area contributed by atoms with Crippen LogP contribution in [0.3, 0.4) is 0 Å². The number of rotatable bonds is 6. The first-order chi connectivity index (χ1) is 14.1. The maximum absolute atomic E-state index is 12.6. The number of hydrogen-bond acceptors (Lipinski definition) is 8. The summed E-state index contributed by atoms with van der Waals surface area (Å²) in [6.45, 7) is 4.46. The molecule has 2 aromatic heterocycles. The van der Waals surface area contributed by atoms with Crippen LogP contribution in [-0.2, 0) is 9.47 Å². The minimum atomic E-state index is -0.365. The molecule has 10 heteroatoms. The van der Waals surface area contributed by atoms with Crippen LogP contribution in [0.1, 0.15) is 19.0 Å². The van der Waals surface area contributed by atoms with Crippen molar-refractivity contribution in [2.24, 2.45) is 0 Å². The predicted octanol–water partition coefficient (Wildman–Crippen LogP) is 1.83. The Morgan fingerprint density at radius 3 is 2.66 bits per heavy atom. The molecule has 0 atom stereocenters. The molecule has 1 aliphatic heterocycles. The Hall–Kier alpha value is -3.27. The second kappa shape index (κ2) is 9.78. The molecule has 1 aliphatic rings. The van der Waals surface area contributed by atoms with Crippen LogP contribution >= 0.6 is 0 Å². The summed E-state index contributed by atoms with van der Waals surface area (Å²) in [7, 11) is 1.56. The molecule has 3 rings (SSSR count).